The van der Waals surface area contributed by atoms with E-state index in [4.69, 9.17) is 4.84 Å². The van der Waals surface area contributed by atoms with E-state index in [1.165, 1.54) is 12.1 Å². The van der Waals surface area contributed by atoms with Gasteiger partial charge in [0, 0.05) is 11.8 Å². The molecular formula is C16H14N2O4S. The maximum Gasteiger partial charge on any atom is 0.333 e. The van der Waals surface area contributed by atoms with Crippen molar-refractivity contribution in [3.63, 3.8) is 0 Å². The maximum absolute atomic E-state index is 12.1. The fourth-order valence-corrected chi connectivity index (χ4v) is 2.98. The van der Waals surface area contributed by atoms with Gasteiger partial charge in [0.05, 0.1) is 21.8 Å². The highest BCUT2D eigenvalue weighted by Crippen LogP contribution is 2.23. The molecule has 2 amide bonds. The van der Waals surface area contributed by atoms with Crippen molar-refractivity contribution < 1.29 is 19.2 Å². The lowest BCUT2D eigenvalue weighted by atomic mass is 10.1. The van der Waals surface area contributed by atoms with E-state index < -0.39 is 17.8 Å². The van der Waals surface area contributed by atoms with Gasteiger partial charge in [0.15, 0.2) is 0 Å². The van der Waals surface area contributed by atoms with E-state index in [-0.39, 0.29) is 17.5 Å². The third kappa shape index (κ3) is 3.14. The Labute approximate surface area is 136 Å². The molecule has 0 radical (unpaired) electrons. The molecule has 1 aromatic carbocycles. The minimum absolute atomic E-state index is 0.115. The third-order valence-electron chi connectivity index (χ3n) is 3.43. The van der Waals surface area contributed by atoms with E-state index in [0.29, 0.717) is 17.9 Å². The van der Waals surface area contributed by atoms with E-state index in [1.54, 1.807) is 23.5 Å². The van der Waals surface area contributed by atoms with E-state index >= 15 is 0 Å². The number of hydroxylamine groups is 2. The minimum atomic E-state index is -0.605. The van der Waals surface area contributed by atoms with Crippen LogP contribution in [0.2, 0.25) is 0 Å². The van der Waals surface area contributed by atoms with Gasteiger partial charge in [0.25, 0.3) is 11.8 Å². The number of amides is 2. The number of aromatic nitrogens is 1. The van der Waals surface area contributed by atoms with E-state index in [9.17, 15) is 14.4 Å². The molecule has 1 aromatic heterocycles. The largest absolute Gasteiger partial charge is 0.333 e. The summed E-state index contributed by atoms with van der Waals surface area (Å²) >= 11 is 1.56. The van der Waals surface area contributed by atoms with Gasteiger partial charge < -0.3 is 4.84 Å². The van der Waals surface area contributed by atoms with Crippen LogP contribution in [0.4, 0.5) is 0 Å². The zero-order chi connectivity index (χ0) is 16.4. The molecule has 23 heavy (non-hydrogen) atoms. The van der Waals surface area contributed by atoms with Crippen molar-refractivity contribution in [3.8, 4) is 0 Å². The number of aryl methyl sites for hydroxylation is 2. The molecule has 0 saturated heterocycles. The van der Waals surface area contributed by atoms with Crippen molar-refractivity contribution in [2.75, 3.05) is 0 Å². The molecular weight excluding hydrogens is 316 g/mol. The molecule has 6 nitrogen and oxygen atoms in total. The number of imide groups is 1. The smallest absolute Gasteiger partial charge is 0.330 e. The molecule has 118 valence electrons. The summed E-state index contributed by atoms with van der Waals surface area (Å²) in [4.78, 5) is 45.2. The normalized spacial score (nSPS) is 13.3. The van der Waals surface area contributed by atoms with Crippen LogP contribution in [0.3, 0.4) is 0 Å². The van der Waals surface area contributed by atoms with Crippen LogP contribution in [0, 0.1) is 6.92 Å². The van der Waals surface area contributed by atoms with Gasteiger partial charge in [-0.2, -0.15) is 0 Å². The van der Waals surface area contributed by atoms with Crippen molar-refractivity contribution in [2.45, 2.75) is 26.2 Å². The van der Waals surface area contributed by atoms with Gasteiger partial charge in [-0.1, -0.05) is 17.2 Å². The Hall–Kier alpha value is -2.54. The average molecular weight is 330 g/mol. The van der Waals surface area contributed by atoms with E-state index in [2.05, 4.69) is 4.98 Å². The molecule has 0 fully saturated rings. The second-order valence-corrected chi connectivity index (χ2v) is 6.19. The predicted molar refractivity (Wildman–Crippen MR) is 82.8 cm³/mol. The molecule has 0 spiro atoms. The van der Waals surface area contributed by atoms with Crippen LogP contribution in [0.25, 0.3) is 0 Å². The predicted octanol–water partition coefficient (Wildman–Crippen LogP) is 2.53. The summed E-state index contributed by atoms with van der Waals surface area (Å²) in [6.07, 6.45) is 1.32. The molecule has 3 rings (SSSR count). The molecule has 1 aliphatic heterocycles. The first-order valence-electron chi connectivity index (χ1n) is 7.16. The summed E-state index contributed by atoms with van der Waals surface area (Å²) in [5.74, 6) is -1.81. The van der Waals surface area contributed by atoms with Crippen LogP contribution in [0.1, 0.15) is 44.3 Å². The van der Waals surface area contributed by atoms with Gasteiger partial charge in [-0.3, -0.25) is 9.59 Å². The first-order valence-corrected chi connectivity index (χ1v) is 8.04. The van der Waals surface area contributed by atoms with Gasteiger partial charge in [0.1, 0.15) is 0 Å². The minimum Gasteiger partial charge on any atom is -0.330 e. The van der Waals surface area contributed by atoms with Gasteiger partial charge in [-0.25, -0.2) is 9.78 Å². The highest BCUT2D eigenvalue weighted by molar-refractivity contribution is 7.09. The number of hydrogen-bond donors (Lipinski definition) is 0. The SMILES string of the molecule is Cc1nc(CCCC(=O)ON2C(=O)c3ccccc3C2=O)cs1. The number of carbonyl (C=O) groups is 3. The molecule has 0 saturated carbocycles. The summed E-state index contributed by atoms with van der Waals surface area (Å²) in [6.45, 7) is 1.92. The van der Waals surface area contributed by atoms with Crippen LogP contribution in [-0.2, 0) is 16.1 Å². The van der Waals surface area contributed by atoms with Crippen LogP contribution >= 0.6 is 11.3 Å². The Bertz CT molecular complexity index is 749. The van der Waals surface area contributed by atoms with Crippen molar-refractivity contribution in [1.29, 1.82) is 0 Å². The topological polar surface area (TPSA) is 76.6 Å². The molecule has 1 aliphatic rings. The number of rotatable bonds is 5. The van der Waals surface area contributed by atoms with Gasteiger partial charge >= 0.3 is 5.97 Å². The molecule has 0 bridgehead atoms. The van der Waals surface area contributed by atoms with Gasteiger partial charge in [-0.15, -0.1) is 11.3 Å². The Morgan fingerprint density at radius 3 is 2.43 bits per heavy atom. The van der Waals surface area contributed by atoms with Crippen molar-refractivity contribution >= 4 is 29.1 Å². The molecule has 7 heteroatoms. The average Bonchev–Trinajstić information content (AvgIpc) is 3.05. The molecule has 2 aromatic rings. The first kappa shape index (κ1) is 15.4. The summed E-state index contributed by atoms with van der Waals surface area (Å²) in [6, 6.07) is 6.39. The second-order valence-electron chi connectivity index (χ2n) is 5.12. The Kier molecular flexibility index (Phi) is 4.20. The van der Waals surface area contributed by atoms with Crippen LogP contribution in [-0.4, -0.2) is 27.8 Å². The van der Waals surface area contributed by atoms with Crippen molar-refractivity contribution in [2.24, 2.45) is 0 Å². The Balaban J connectivity index is 1.54. The lowest BCUT2D eigenvalue weighted by Crippen LogP contribution is -2.32. The highest BCUT2D eigenvalue weighted by atomic mass is 32.1. The summed E-state index contributed by atoms with van der Waals surface area (Å²) in [5, 5.41) is 3.47. The molecule has 0 atom stereocenters. The molecule has 2 heterocycles. The molecule has 0 unspecified atom stereocenters. The quantitative estimate of drug-likeness (QED) is 0.787. The second kappa shape index (κ2) is 6.29. The van der Waals surface area contributed by atoms with Crippen molar-refractivity contribution in [3.05, 3.63) is 51.5 Å². The highest BCUT2D eigenvalue weighted by Gasteiger charge is 2.38. The number of carbonyl (C=O) groups excluding carboxylic acids is 3. The van der Waals surface area contributed by atoms with Gasteiger partial charge in [0.2, 0.25) is 0 Å². The van der Waals surface area contributed by atoms with Crippen LogP contribution in [0.5, 0.6) is 0 Å². The summed E-state index contributed by atoms with van der Waals surface area (Å²) < 4.78 is 0. The van der Waals surface area contributed by atoms with Gasteiger partial charge in [-0.05, 0) is 31.9 Å². The Morgan fingerprint density at radius 1 is 1.22 bits per heavy atom. The molecule has 0 N–H and O–H groups in total. The number of thiazole rings is 1. The number of nitrogens with zero attached hydrogens (tertiary/aromatic N) is 2. The van der Waals surface area contributed by atoms with Crippen LogP contribution in [0.15, 0.2) is 29.6 Å². The summed E-state index contributed by atoms with van der Waals surface area (Å²) in [5.41, 5.74) is 1.44. The maximum atomic E-state index is 12.1. The number of fused-ring (bicyclic) bond motifs is 1. The fourth-order valence-electron chi connectivity index (χ4n) is 2.33. The third-order valence-corrected chi connectivity index (χ3v) is 4.25. The Morgan fingerprint density at radius 2 is 1.87 bits per heavy atom. The lowest BCUT2D eigenvalue weighted by molar-refractivity contribution is -0.168. The lowest BCUT2D eigenvalue weighted by Gasteiger charge is -2.12. The summed E-state index contributed by atoms with van der Waals surface area (Å²) in [7, 11) is 0. The van der Waals surface area contributed by atoms with E-state index in [0.717, 1.165) is 10.7 Å². The zero-order valence-electron chi connectivity index (χ0n) is 12.4. The van der Waals surface area contributed by atoms with Crippen LogP contribution < -0.4 is 0 Å². The standard InChI is InChI=1S/C16H14N2O4S/c1-10-17-11(9-23-10)5-4-8-14(19)22-18-15(20)12-6-2-3-7-13(12)16(18)21/h2-3,6-7,9H,4-5,8H2,1H3. The van der Waals surface area contributed by atoms with E-state index in [1.807, 2.05) is 12.3 Å². The molecule has 0 aliphatic carbocycles. The van der Waals surface area contributed by atoms with Crippen molar-refractivity contribution in [1.82, 2.24) is 10.0 Å². The number of hydrogen-bond acceptors (Lipinski definition) is 6. The first-order chi connectivity index (χ1) is 11.1. The number of benzene rings is 1. The fraction of sp³-hybridized carbons (Fsp3) is 0.250. The zero-order valence-corrected chi connectivity index (χ0v) is 13.3. The monoisotopic (exact) mass is 330 g/mol.